The third-order valence-corrected chi connectivity index (χ3v) is 4.57. The van der Waals surface area contributed by atoms with E-state index in [4.69, 9.17) is 11.6 Å². The average Bonchev–Trinajstić information content (AvgIpc) is 3.06. The lowest BCUT2D eigenvalue weighted by molar-refractivity contribution is 0.703. The summed E-state index contributed by atoms with van der Waals surface area (Å²) in [6, 6.07) is 9.68. The van der Waals surface area contributed by atoms with Crippen LogP contribution in [0.15, 0.2) is 56.1 Å². The van der Waals surface area contributed by atoms with Gasteiger partial charge in [-0.2, -0.15) is 10.1 Å². The van der Waals surface area contributed by atoms with Crippen LogP contribution in [-0.4, -0.2) is 24.4 Å². The number of aromatic nitrogens is 4. The topological polar surface area (TPSA) is 86.2 Å². The number of anilines is 1. The number of allylic oxidation sites excluding steroid dienone is 2. The highest BCUT2D eigenvalue weighted by molar-refractivity contribution is 6.29. The van der Waals surface area contributed by atoms with Gasteiger partial charge in [0.15, 0.2) is 11.2 Å². The number of hydrogen-bond donors (Lipinski definition) is 1. The molecular weight excluding hydrogens is 380 g/mol. The smallest absolute Gasteiger partial charge is 0.299 e. The van der Waals surface area contributed by atoms with Gasteiger partial charge in [0.25, 0.3) is 5.56 Å². The minimum atomic E-state index is -0.443. The Morgan fingerprint density at radius 3 is 2.50 bits per heavy atom. The zero-order chi connectivity index (χ0) is 20.4. The van der Waals surface area contributed by atoms with Gasteiger partial charge >= 0.3 is 5.69 Å². The Morgan fingerprint density at radius 1 is 1.18 bits per heavy atom. The van der Waals surface area contributed by atoms with Crippen molar-refractivity contribution in [1.29, 1.82) is 0 Å². The standard InChI is InChI=1S/C19H21ClN6O2/c1-12(20)10-11-26-15-16(24(3)19(28)25(4)17(15)27)21-18(26)23-22-13(2)14-8-6-5-7-9-14/h5-10H,11H2,1-4H3,(H,21,23)/b12-10-,22-13+. The zero-order valence-corrected chi connectivity index (χ0v) is 16.9. The molecule has 146 valence electrons. The van der Waals surface area contributed by atoms with Gasteiger partial charge in [0.2, 0.25) is 5.95 Å². The summed E-state index contributed by atoms with van der Waals surface area (Å²) in [4.78, 5) is 29.4. The van der Waals surface area contributed by atoms with Gasteiger partial charge in [-0.25, -0.2) is 10.2 Å². The molecule has 0 amide bonds. The molecular formula is C19H21ClN6O2. The number of nitrogens with one attached hydrogen (secondary N) is 1. The Bertz CT molecular complexity index is 1200. The SMILES string of the molecule is C/C(Cl)=C/Cn1c(N/N=C(\C)c2ccccc2)nc2c1c(=O)n(C)c(=O)n2C. The second kappa shape index (κ2) is 7.85. The highest BCUT2D eigenvalue weighted by Gasteiger charge is 2.18. The number of fused-ring (bicyclic) bond motifs is 1. The van der Waals surface area contributed by atoms with Crippen LogP contribution < -0.4 is 16.7 Å². The number of nitrogens with zero attached hydrogens (tertiary/aromatic N) is 5. The Hall–Kier alpha value is -3.13. The van der Waals surface area contributed by atoms with Crippen molar-refractivity contribution < 1.29 is 0 Å². The molecule has 0 aliphatic rings. The van der Waals surface area contributed by atoms with Crippen LogP contribution in [0.1, 0.15) is 19.4 Å². The number of aryl methyl sites for hydroxylation is 1. The Labute approximate surface area is 166 Å². The lowest BCUT2D eigenvalue weighted by atomic mass is 10.1. The highest BCUT2D eigenvalue weighted by atomic mass is 35.5. The molecule has 0 aliphatic carbocycles. The maximum Gasteiger partial charge on any atom is 0.332 e. The van der Waals surface area contributed by atoms with E-state index >= 15 is 0 Å². The van der Waals surface area contributed by atoms with Crippen molar-refractivity contribution in [3.8, 4) is 0 Å². The predicted octanol–water partition coefficient (Wildman–Crippen LogP) is 2.41. The maximum atomic E-state index is 12.7. The molecule has 2 aromatic heterocycles. The van der Waals surface area contributed by atoms with Crippen LogP contribution in [-0.2, 0) is 20.6 Å². The van der Waals surface area contributed by atoms with Crippen molar-refractivity contribution >= 4 is 34.4 Å². The van der Waals surface area contributed by atoms with Crippen LogP contribution in [0.25, 0.3) is 11.2 Å². The number of rotatable bonds is 5. The average molecular weight is 401 g/mol. The molecule has 3 aromatic rings. The summed E-state index contributed by atoms with van der Waals surface area (Å²) in [7, 11) is 3.02. The minimum Gasteiger partial charge on any atom is -0.299 e. The van der Waals surface area contributed by atoms with Gasteiger partial charge in [-0.1, -0.05) is 48.0 Å². The summed E-state index contributed by atoms with van der Waals surface area (Å²) in [5.74, 6) is 0.345. The van der Waals surface area contributed by atoms with Gasteiger partial charge in [0.05, 0.1) is 5.71 Å². The quantitative estimate of drug-likeness (QED) is 0.526. The molecule has 1 N–H and O–H groups in total. The summed E-state index contributed by atoms with van der Waals surface area (Å²) in [6.07, 6.45) is 1.76. The van der Waals surface area contributed by atoms with E-state index in [0.717, 1.165) is 15.8 Å². The van der Waals surface area contributed by atoms with E-state index in [-0.39, 0.29) is 5.65 Å². The molecule has 0 aliphatic heterocycles. The molecule has 0 atom stereocenters. The second-order valence-electron chi connectivity index (χ2n) is 6.39. The highest BCUT2D eigenvalue weighted by Crippen LogP contribution is 2.17. The number of hydrogen-bond acceptors (Lipinski definition) is 5. The van der Waals surface area contributed by atoms with Crippen molar-refractivity contribution in [3.05, 3.63) is 67.8 Å². The van der Waals surface area contributed by atoms with Gasteiger partial charge < -0.3 is 0 Å². The van der Waals surface area contributed by atoms with Gasteiger partial charge in [-0.3, -0.25) is 18.5 Å². The normalized spacial score (nSPS) is 12.6. The van der Waals surface area contributed by atoms with Gasteiger partial charge in [0, 0.05) is 25.7 Å². The third-order valence-electron chi connectivity index (χ3n) is 4.42. The van der Waals surface area contributed by atoms with Crippen LogP contribution in [0.2, 0.25) is 0 Å². The summed E-state index contributed by atoms with van der Waals surface area (Å²) < 4.78 is 4.05. The van der Waals surface area contributed by atoms with E-state index in [0.29, 0.717) is 23.0 Å². The zero-order valence-electron chi connectivity index (χ0n) is 16.1. The van der Waals surface area contributed by atoms with Crippen molar-refractivity contribution in [1.82, 2.24) is 18.7 Å². The summed E-state index contributed by atoms with van der Waals surface area (Å²) in [5, 5.41) is 4.97. The molecule has 0 radical (unpaired) electrons. The third kappa shape index (κ3) is 3.63. The number of benzene rings is 1. The van der Waals surface area contributed by atoms with Crippen molar-refractivity contribution in [2.45, 2.75) is 20.4 Å². The molecule has 0 fully saturated rings. The van der Waals surface area contributed by atoms with Crippen LogP contribution in [0.4, 0.5) is 5.95 Å². The molecule has 8 nitrogen and oxygen atoms in total. The van der Waals surface area contributed by atoms with E-state index in [1.807, 2.05) is 37.3 Å². The Kier molecular flexibility index (Phi) is 5.51. The molecule has 0 bridgehead atoms. The van der Waals surface area contributed by atoms with E-state index in [9.17, 15) is 9.59 Å². The fourth-order valence-corrected chi connectivity index (χ4v) is 2.87. The molecule has 3 rings (SSSR count). The molecule has 9 heteroatoms. The number of imidazole rings is 1. The maximum absolute atomic E-state index is 12.7. The van der Waals surface area contributed by atoms with Crippen LogP contribution >= 0.6 is 11.6 Å². The summed E-state index contributed by atoms with van der Waals surface area (Å²) in [5.41, 5.74) is 4.34. The first kappa shape index (κ1) is 19.6. The first-order valence-corrected chi connectivity index (χ1v) is 9.03. The van der Waals surface area contributed by atoms with Crippen molar-refractivity contribution in [3.63, 3.8) is 0 Å². The minimum absolute atomic E-state index is 0.281. The second-order valence-corrected chi connectivity index (χ2v) is 6.99. The number of halogens is 1. The first-order chi connectivity index (χ1) is 13.3. The van der Waals surface area contributed by atoms with Crippen LogP contribution in [0, 0.1) is 0 Å². The van der Waals surface area contributed by atoms with Gasteiger partial charge in [0.1, 0.15) is 0 Å². The summed E-state index contributed by atoms with van der Waals surface area (Å²) in [6.45, 7) is 3.92. The number of hydrazone groups is 1. The fraction of sp³-hybridized carbons (Fsp3) is 0.263. The van der Waals surface area contributed by atoms with E-state index in [1.165, 1.54) is 11.6 Å². The van der Waals surface area contributed by atoms with E-state index in [1.54, 1.807) is 24.6 Å². The van der Waals surface area contributed by atoms with E-state index < -0.39 is 11.2 Å². The fourth-order valence-electron chi connectivity index (χ4n) is 2.80. The van der Waals surface area contributed by atoms with Crippen molar-refractivity contribution in [2.24, 2.45) is 19.2 Å². The molecule has 0 spiro atoms. The monoisotopic (exact) mass is 400 g/mol. The predicted molar refractivity (Wildman–Crippen MR) is 112 cm³/mol. The molecule has 0 saturated heterocycles. The van der Waals surface area contributed by atoms with Gasteiger partial charge in [-0.05, 0) is 19.4 Å². The van der Waals surface area contributed by atoms with Crippen LogP contribution in [0.5, 0.6) is 0 Å². The molecule has 1 aromatic carbocycles. The largest absolute Gasteiger partial charge is 0.332 e. The lowest BCUT2D eigenvalue weighted by Gasteiger charge is -2.07. The van der Waals surface area contributed by atoms with Crippen molar-refractivity contribution in [2.75, 3.05) is 5.43 Å². The first-order valence-electron chi connectivity index (χ1n) is 8.65. The van der Waals surface area contributed by atoms with E-state index in [2.05, 4.69) is 15.5 Å². The lowest BCUT2D eigenvalue weighted by Crippen LogP contribution is -2.37. The Morgan fingerprint density at radius 2 is 1.86 bits per heavy atom. The molecule has 0 saturated carbocycles. The molecule has 2 heterocycles. The Balaban J connectivity index is 2.16. The van der Waals surface area contributed by atoms with Crippen LogP contribution in [0.3, 0.4) is 0 Å². The molecule has 28 heavy (non-hydrogen) atoms. The molecule has 0 unspecified atom stereocenters. The van der Waals surface area contributed by atoms with Gasteiger partial charge in [-0.15, -0.1) is 0 Å². The summed E-state index contributed by atoms with van der Waals surface area (Å²) >= 11 is 5.97.